The third-order valence-corrected chi connectivity index (χ3v) is 3.72. The van der Waals surface area contributed by atoms with Gasteiger partial charge in [-0.25, -0.2) is 4.79 Å². The van der Waals surface area contributed by atoms with Crippen molar-refractivity contribution in [2.75, 3.05) is 0 Å². The average Bonchev–Trinajstić information content (AvgIpc) is 2.56. The number of phenolic OH excluding ortho intramolecular Hbond substituents is 2. The van der Waals surface area contributed by atoms with Crippen molar-refractivity contribution in [3.05, 3.63) is 53.6 Å². The van der Waals surface area contributed by atoms with Crippen LogP contribution in [0.2, 0.25) is 0 Å². The maximum atomic E-state index is 12.4. The Hall–Kier alpha value is -2.49. The minimum Gasteiger partial charge on any atom is -0.504 e. The maximum Gasteiger partial charge on any atom is 0.343 e. The summed E-state index contributed by atoms with van der Waals surface area (Å²) in [5.74, 6) is -0.533. The van der Waals surface area contributed by atoms with Gasteiger partial charge in [-0.05, 0) is 37.1 Å². The predicted octanol–water partition coefficient (Wildman–Crippen LogP) is 4.44. The number of benzene rings is 2. The topological polar surface area (TPSA) is 66.8 Å². The van der Waals surface area contributed by atoms with Crippen molar-refractivity contribution in [3.8, 4) is 17.2 Å². The number of hydrogen-bond donors (Lipinski definition) is 2. The van der Waals surface area contributed by atoms with Gasteiger partial charge in [0, 0.05) is 5.56 Å². The molecule has 0 unspecified atom stereocenters. The molecule has 2 aromatic rings. The lowest BCUT2D eigenvalue weighted by molar-refractivity contribution is 0.0733. The molecule has 0 aliphatic carbocycles. The van der Waals surface area contributed by atoms with Crippen LogP contribution in [-0.4, -0.2) is 16.2 Å². The average molecular weight is 314 g/mol. The number of para-hydroxylation sites is 1. The van der Waals surface area contributed by atoms with Crippen molar-refractivity contribution < 1.29 is 19.7 Å². The van der Waals surface area contributed by atoms with Gasteiger partial charge in [-0.3, -0.25) is 0 Å². The quantitative estimate of drug-likeness (QED) is 0.343. The lowest BCUT2D eigenvalue weighted by atomic mass is 9.99. The molecule has 0 aromatic heterocycles. The number of phenols is 2. The molecule has 0 amide bonds. The zero-order valence-electron chi connectivity index (χ0n) is 13.3. The highest BCUT2D eigenvalue weighted by atomic mass is 16.5. The summed E-state index contributed by atoms with van der Waals surface area (Å²) in [4.78, 5) is 12.4. The van der Waals surface area contributed by atoms with Gasteiger partial charge in [0.2, 0.25) is 0 Å². The normalized spacial score (nSPS) is 10.5. The molecule has 0 aliphatic heterocycles. The van der Waals surface area contributed by atoms with Crippen LogP contribution in [0.5, 0.6) is 17.2 Å². The highest BCUT2D eigenvalue weighted by Gasteiger charge is 2.19. The first-order valence-corrected chi connectivity index (χ1v) is 7.94. The Labute approximate surface area is 136 Å². The smallest absolute Gasteiger partial charge is 0.343 e. The summed E-state index contributed by atoms with van der Waals surface area (Å²) in [6, 6.07) is 11.6. The van der Waals surface area contributed by atoms with Gasteiger partial charge in [0.25, 0.3) is 0 Å². The van der Waals surface area contributed by atoms with E-state index >= 15 is 0 Å². The zero-order valence-corrected chi connectivity index (χ0v) is 13.3. The van der Waals surface area contributed by atoms with Crippen LogP contribution < -0.4 is 4.74 Å². The third kappa shape index (κ3) is 4.49. The molecule has 122 valence electrons. The Balaban J connectivity index is 2.19. The van der Waals surface area contributed by atoms with E-state index in [1.54, 1.807) is 24.3 Å². The predicted molar refractivity (Wildman–Crippen MR) is 89.0 cm³/mol. The van der Waals surface area contributed by atoms with Crippen LogP contribution in [-0.2, 0) is 6.42 Å². The summed E-state index contributed by atoms with van der Waals surface area (Å²) < 4.78 is 5.33. The highest BCUT2D eigenvalue weighted by Crippen LogP contribution is 2.33. The van der Waals surface area contributed by atoms with Gasteiger partial charge in [-0.1, -0.05) is 44.4 Å². The lowest BCUT2D eigenvalue weighted by Gasteiger charge is -2.12. The minimum atomic E-state index is -0.531. The number of ether oxygens (including phenoxy) is 1. The van der Waals surface area contributed by atoms with Gasteiger partial charge < -0.3 is 14.9 Å². The number of unbranched alkanes of at least 4 members (excludes halogenated alkanes) is 3. The van der Waals surface area contributed by atoms with Crippen LogP contribution in [0.4, 0.5) is 0 Å². The van der Waals surface area contributed by atoms with Gasteiger partial charge in [-0.2, -0.15) is 0 Å². The van der Waals surface area contributed by atoms with E-state index in [-0.39, 0.29) is 11.5 Å². The van der Waals surface area contributed by atoms with Crippen LogP contribution in [0, 0.1) is 0 Å². The van der Waals surface area contributed by atoms with Crippen molar-refractivity contribution in [3.63, 3.8) is 0 Å². The molecule has 2 N–H and O–H groups in total. The van der Waals surface area contributed by atoms with Gasteiger partial charge in [0.15, 0.2) is 11.5 Å². The van der Waals surface area contributed by atoms with Crippen molar-refractivity contribution in [2.24, 2.45) is 0 Å². The first-order valence-electron chi connectivity index (χ1n) is 7.94. The first kappa shape index (κ1) is 16.9. The Morgan fingerprint density at radius 3 is 2.43 bits per heavy atom. The number of aromatic hydroxyl groups is 2. The van der Waals surface area contributed by atoms with E-state index in [2.05, 4.69) is 6.92 Å². The molecule has 0 radical (unpaired) electrons. The summed E-state index contributed by atoms with van der Waals surface area (Å²) in [6.07, 6.45) is 4.59. The molecule has 2 aromatic carbocycles. The summed E-state index contributed by atoms with van der Waals surface area (Å²) >= 11 is 0. The van der Waals surface area contributed by atoms with Crippen molar-refractivity contribution >= 4 is 5.97 Å². The summed E-state index contributed by atoms with van der Waals surface area (Å²) in [6.45, 7) is 2.12. The maximum absolute atomic E-state index is 12.4. The number of esters is 1. The Morgan fingerprint density at radius 1 is 1.00 bits per heavy atom. The van der Waals surface area contributed by atoms with Crippen molar-refractivity contribution in [1.29, 1.82) is 0 Å². The minimum absolute atomic E-state index is 0.216. The van der Waals surface area contributed by atoms with E-state index in [0.717, 1.165) is 25.7 Å². The monoisotopic (exact) mass is 314 g/mol. The second kappa shape index (κ2) is 8.22. The Morgan fingerprint density at radius 2 is 1.74 bits per heavy atom. The molecule has 0 saturated heterocycles. The second-order valence-electron chi connectivity index (χ2n) is 5.47. The van der Waals surface area contributed by atoms with Crippen molar-refractivity contribution in [1.82, 2.24) is 0 Å². The molecular formula is C19H22O4. The van der Waals surface area contributed by atoms with Crippen LogP contribution >= 0.6 is 0 Å². The highest BCUT2D eigenvalue weighted by molar-refractivity contribution is 5.93. The summed E-state index contributed by atoms with van der Waals surface area (Å²) in [5.41, 5.74) is 0.739. The SMILES string of the molecule is CCCCCCc1c(C(=O)Oc2ccccc2)ccc(O)c1O. The van der Waals surface area contributed by atoms with E-state index in [4.69, 9.17) is 4.74 Å². The third-order valence-electron chi connectivity index (χ3n) is 3.72. The van der Waals surface area contributed by atoms with Crippen LogP contribution in [0.25, 0.3) is 0 Å². The number of carbonyl (C=O) groups excluding carboxylic acids is 1. The van der Waals surface area contributed by atoms with E-state index in [1.165, 1.54) is 12.1 Å². The van der Waals surface area contributed by atoms with E-state index in [9.17, 15) is 15.0 Å². The van der Waals surface area contributed by atoms with Crippen LogP contribution in [0.3, 0.4) is 0 Å². The summed E-state index contributed by atoms with van der Waals surface area (Å²) in [5, 5.41) is 19.8. The van der Waals surface area contributed by atoms with E-state index in [0.29, 0.717) is 23.3 Å². The zero-order chi connectivity index (χ0) is 16.7. The van der Waals surface area contributed by atoms with Crippen LogP contribution in [0.15, 0.2) is 42.5 Å². The largest absolute Gasteiger partial charge is 0.504 e. The molecule has 2 rings (SSSR count). The van der Waals surface area contributed by atoms with Gasteiger partial charge in [0.1, 0.15) is 5.75 Å². The van der Waals surface area contributed by atoms with Gasteiger partial charge >= 0.3 is 5.97 Å². The van der Waals surface area contributed by atoms with Gasteiger partial charge in [-0.15, -0.1) is 0 Å². The fraction of sp³-hybridized carbons (Fsp3) is 0.316. The fourth-order valence-corrected chi connectivity index (χ4v) is 2.45. The molecule has 4 heteroatoms. The number of carbonyl (C=O) groups is 1. The molecule has 0 bridgehead atoms. The molecule has 0 aliphatic rings. The van der Waals surface area contributed by atoms with E-state index in [1.807, 2.05) is 6.07 Å². The molecule has 0 atom stereocenters. The molecule has 0 heterocycles. The van der Waals surface area contributed by atoms with Crippen LogP contribution in [0.1, 0.15) is 48.5 Å². The molecule has 23 heavy (non-hydrogen) atoms. The number of rotatable bonds is 7. The van der Waals surface area contributed by atoms with E-state index < -0.39 is 5.97 Å². The van der Waals surface area contributed by atoms with Gasteiger partial charge in [0.05, 0.1) is 5.56 Å². The molecule has 0 spiro atoms. The second-order valence-corrected chi connectivity index (χ2v) is 5.47. The first-order chi connectivity index (χ1) is 11.1. The molecule has 4 nitrogen and oxygen atoms in total. The lowest BCUT2D eigenvalue weighted by Crippen LogP contribution is -2.11. The Bertz CT molecular complexity index is 650. The van der Waals surface area contributed by atoms with Crippen molar-refractivity contribution in [2.45, 2.75) is 39.0 Å². The molecular weight excluding hydrogens is 292 g/mol. The molecule has 0 fully saturated rings. The summed E-state index contributed by atoms with van der Waals surface area (Å²) in [7, 11) is 0. The number of hydrogen-bond acceptors (Lipinski definition) is 4. The molecule has 0 saturated carbocycles. The fourth-order valence-electron chi connectivity index (χ4n) is 2.45. The Kier molecular flexibility index (Phi) is 6.03. The standard InChI is InChI=1S/C19H22O4/c1-2-3-4-8-11-15-16(12-13-17(20)18(15)21)19(22)23-14-9-6-5-7-10-14/h5-7,9-10,12-13,20-21H,2-4,8,11H2,1H3.